The first kappa shape index (κ1) is 11.0. The fourth-order valence-electron chi connectivity index (χ4n) is 1.37. The summed E-state index contributed by atoms with van der Waals surface area (Å²) in [7, 11) is 0. The van der Waals surface area contributed by atoms with Crippen LogP contribution in [-0.4, -0.2) is 34.7 Å². The molecular weight excluding hydrogens is 186 g/mol. The zero-order valence-corrected chi connectivity index (χ0v) is 8.28. The van der Waals surface area contributed by atoms with Gasteiger partial charge in [-0.2, -0.15) is 0 Å². The van der Waals surface area contributed by atoms with Crippen molar-refractivity contribution in [2.24, 2.45) is 11.3 Å². The number of carbonyl (C=O) groups is 2. The van der Waals surface area contributed by atoms with E-state index in [4.69, 9.17) is 10.2 Å². The van der Waals surface area contributed by atoms with Gasteiger partial charge in [-0.15, -0.1) is 0 Å². The Balaban J connectivity index is 2.45. The number of hydrogen-bond acceptors (Lipinski definition) is 3. The van der Waals surface area contributed by atoms with Gasteiger partial charge in [-0.1, -0.05) is 13.8 Å². The first-order chi connectivity index (χ1) is 6.38. The van der Waals surface area contributed by atoms with Crippen molar-refractivity contribution in [1.82, 2.24) is 5.32 Å². The third-order valence-electron chi connectivity index (χ3n) is 2.63. The molecule has 1 amide bonds. The van der Waals surface area contributed by atoms with E-state index in [2.05, 4.69) is 5.32 Å². The van der Waals surface area contributed by atoms with Crippen molar-refractivity contribution in [2.45, 2.75) is 26.3 Å². The lowest BCUT2D eigenvalue weighted by Crippen LogP contribution is -2.44. The fourth-order valence-corrected chi connectivity index (χ4v) is 1.37. The molecule has 1 saturated carbocycles. The molecule has 0 aromatic rings. The van der Waals surface area contributed by atoms with Crippen molar-refractivity contribution in [1.29, 1.82) is 0 Å². The largest absolute Gasteiger partial charge is 0.480 e. The van der Waals surface area contributed by atoms with Gasteiger partial charge < -0.3 is 15.5 Å². The molecule has 0 bridgehead atoms. The second-order valence-corrected chi connectivity index (χ2v) is 4.33. The molecule has 1 aliphatic carbocycles. The van der Waals surface area contributed by atoms with Crippen molar-refractivity contribution in [3.05, 3.63) is 0 Å². The Hall–Kier alpha value is -1.10. The molecule has 5 heteroatoms. The number of carboxylic acids is 1. The molecule has 0 heterocycles. The van der Waals surface area contributed by atoms with Gasteiger partial charge >= 0.3 is 5.97 Å². The van der Waals surface area contributed by atoms with E-state index in [9.17, 15) is 9.59 Å². The molecule has 80 valence electrons. The number of hydrogen-bond donors (Lipinski definition) is 3. The normalized spacial score (nSPS) is 25.2. The van der Waals surface area contributed by atoms with Crippen molar-refractivity contribution in [3.8, 4) is 0 Å². The van der Waals surface area contributed by atoms with E-state index >= 15 is 0 Å². The Morgan fingerprint density at radius 2 is 2.07 bits per heavy atom. The third kappa shape index (κ3) is 2.23. The first-order valence-corrected chi connectivity index (χ1v) is 4.52. The van der Waals surface area contributed by atoms with Gasteiger partial charge in [0.2, 0.25) is 5.91 Å². The van der Waals surface area contributed by atoms with Crippen LogP contribution in [0.4, 0.5) is 0 Å². The summed E-state index contributed by atoms with van der Waals surface area (Å²) in [6.07, 6.45) is 0.774. The number of nitrogens with one attached hydrogen (secondary N) is 1. The Labute approximate surface area is 82.1 Å². The molecule has 14 heavy (non-hydrogen) atoms. The molecule has 1 aliphatic rings. The van der Waals surface area contributed by atoms with Crippen LogP contribution in [0.1, 0.15) is 20.3 Å². The summed E-state index contributed by atoms with van der Waals surface area (Å²) >= 11 is 0. The summed E-state index contributed by atoms with van der Waals surface area (Å²) in [6, 6.07) is -1.18. The van der Waals surface area contributed by atoms with Crippen LogP contribution in [-0.2, 0) is 9.59 Å². The zero-order valence-electron chi connectivity index (χ0n) is 8.28. The van der Waals surface area contributed by atoms with Gasteiger partial charge in [0.1, 0.15) is 6.04 Å². The number of aliphatic carboxylic acids is 1. The Morgan fingerprint density at radius 3 is 2.36 bits per heavy atom. The third-order valence-corrected chi connectivity index (χ3v) is 2.63. The second kappa shape index (κ2) is 3.57. The molecule has 1 fully saturated rings. The van der Waals surface area contributed by atoms with Crippen LogP contribution in [0.2, 0.25) is 0 Å². The number of aliphatic hydroxyl groups is 1. The van der Waals surface area contributed by atoms with Crippen LogP contribution in [0.3, 0.4) is 0 Å². The summed E-state index contributed by atoms with van der Waals surface area (Å²) in [6.45, 7) is 3.33. The number of aliphatic hydroxyl groups excluding tert-OH is 1. The zero-order chi connectivity index (χ0) is 10.9. The minimum absolute atomic E-state index is 0.0252. The quantitative estimate of drug-likeness (QED) is 0.577. The van der Waals surface area contributed by atoms with Gasteiger partial charge in [-0.05, 0) is 11.8 Å². The highest BCUT2D eigenvalue weighted by Gasteiger charge is 2.51. The predicted octanol–water partition coefficient (Wildman–Crippen LogP) is -0.406. The summed E-state index contributed by atoms with van der Waals surface area (Å²) in [5.74, 6) is -1.60. The smallest absolute Gasteiger partial charge is 0.328 e. The molecule has 0 aromatic carbocycles. The van der Waals surface area contributed by atoms with E-state index < -0.39 is 18.6 Å². The van der Waals surface area contributed by atoms with Crippen LogP contribution in [0.15, 0.2) is 0 Å². The van der Waals surface area contributed by atoms with E-state index in [1.54, 1.807) is 0 Å². The second-order valence-electron chi connectivity index (χ2n) is 4.33. The molecule has 1 unspecified atom stereocenters. The number of carboxylic acid groups (broad SMARTS) is 1. The highest BCUT2D eigenvalue weighted by atomic mass is 16.4. The average molecular weight is 201 g/mol. The van der Waals surface area contributed by atoms with Gasteiger partial charge in [0.15, 0.2) is 0 Å². The predicted molar refractivity (Wildman–Crippen MR) is 48.5 cm³/mol. The molecule has 1 rings (SSSR count). The molecule has 0 spiro atoms. The lowest BCUT2D eigenvalue weighted by Gasteiger charge is -2.12. The molecule has 0 aromatic heterocycles. The lowest BCUT2D eigenvalue weighted by atomic mass is 10.1. The highest BCUT2D eigenvalue weighted by Crippen LogP contribution is 2.51. The highest BCUT2D eigenvalue weighted by molar-refractivity contribution is 5.87. The van der Waals surface area contributed by atoms with Crippen LogP contribution in [0, 0.1) is 11.3 Å². The van der Waals surface area contributed by atoms with Crippen LogP contribution in [0.5, 0.6) is 0 Å². The van der Waals surface area contributed by atoms with Crippen molar-refractivity contribution in [3.63, 3.8) is 0 Å². The maximum atomic E-state index is 11.4. The number of carbonyl (C=O) groups excluding carboxylic acids is 1. The molecule has 0 radical (unpaired) electrons. The van der Waals surface area contributed by atoms with Crippen LogP contribution < -0.4 is 5.32 Å². The van der Waals surface area contributed by atoms with Gasteiger partial charge in [0.25, 0.3) is 0 Å². The minimum atomic E-state index is -1.21. The number of rotatable bonds is 4. The molecule has 2 atom stereocenters. The molecule has 0 aliphatic heterocycles. The SMILES string of the molecule is CC1(C)CC1C(=O)N[C@H](CO)C(=O)O. The summed E-state index contributed by atoms with van der Waals surface area (Å²) < 4.78 is 0. The molecule has 0 saturated heterocycles. The van der Waals surface area contributed by atoms with E-state index in [0.29, 0.717) is 0 Å². The average Bonchev–Trinajstić information content (AvgIpc) is 2.70. The first-order valence-electron chi connectivity index (χ1n) is 4.52. The van der Waals surface area contributed by atoms with E-state index in [0.717, 1.165) is 6.42 Å². The van der Waals surface area contributed by atoms with E-state index in [1.807, 2.05) is 13.8 Å². The van der Waals surface area contributed by atoms with Crippen molar-refractivity contribution >= 4 is 11.9 Å². The summed E-state index contributed by atoms with van der Waals surface area (Å²) in [5, 5.41) is 19.6. The minimum Gasteiger partial charge on any atom is -0.480 e. The number of amides is 1. The van der Waals surface area contributed by atoms with Gasteiger partial charge in [-0.25, -0.2) is 4.79 Å². The standard InChI is InChI=1S/C9H15NO4/c1-9(2)3-5(9)7(12)10-6(4-11)8(13)14/h5-6,11H,3-4H2,1-2H3,(H,10,12)(H,13,14)/t5?,6-/m1/s1. The van der Waals surface area contributed by atoms with Crippen molar-refractivity contribution < 1.29 is 19.8 Å². The molecule has 5 nitrogen and oxygen atoms in total. The Bertz CT molecular complexity index is 262. The summed E-state index contributed by atoms with van der Waals surface area (Å²) in [5.41, 5.74) is -0.0252. The maximum Gasteiger partial charge on any atom is 0.328 e. The lowest BCUT2D eigenvalue weighted by molar-refractivity contribution is -0.143. The fraction of sp³-hybridized carbons (Fsp3) is 0.778. The van der Waals surface area contributed by atoms with E-state index in [-0.39, 0.29) is 17.2 Å². The van der Waals surface area contributed by atoms with Crippen molar-refractivity contribution in [2.75, 3.05) is 6.61 Å². The van der Waals surface area contributed by atoms with Gasteiger partial charge in [0.05, 0.1) is 6.61 Å². The van der Waals surface area contributed by atoms with Gasteiger partial charge in [0, 0.05) is 5.92 Å². The Kier molecular flexibility index (Phi) is 2.80. The Morgan fingerprint density at radius 1 is 1.57 bits per heavy atom. The topological polar surface area (TPSA) is 86.6 Å². The molecule has 3 N–H and O–H groups in total. The van der Waals surface area contributed by atoms with Gasteiger partial charge in [-0.3, -0.25) is 4.79 Å². The van der Waals surface area contributed by atoms with Crippen LogP contribution in [0.25, 0.3) is 0 Å². The summed E-state index contributed by atoms with van der Waals surface area (Å²) in [4.78, 5) is 21.9. The van der Waals surface area contributed by atoms with E-state index in [1.165, 1.54) is 0 Å². The maximum absolute atomic E-state index is 11.4. The molecular formula is C9H15NO4. The van der Waals surface area contributed by atoms with Crippen LogP contribution >= 0.6 is 0 Å². The monoisotopic (exact) mass is 201 g/mol.